The van der Waals surface area contributed by atoms with E-state index < -0.39 is 0 Å². The highest BCUT2D eigenvalue weighted by atomic mass is 32.1. The molecule has 0 saturated heterocycles. The van der Waals surface area contributed by atoms with Gasteiger partial charge in [-0.3, -0.25) is 0 Å². The van der Waals surface area contributed by atoms with E-state index in [2.05, 4.69) is 217 Å². The van der Waals surface area contributed by atoms with E-state index in [-0.39, 0.29) is 0 Å². The average Bonchev–Trinajstić information content (AvgIpc) is 3.64. The van der Waals surface area contributed by atoms with Crippen molar-refractivity contribution < 1.29 is 0 Å². The second-order valence-corrected chi connectivity index (χ2v) is 14.8. The van der Waals surface area contributed by atoms with E-state index in [1.165, 1.54) is 81.1 Å². The highest BCUT2D eigenvalue weighted by molar-refractivity contribution is 7.26. The summed E-state index contributed by atoms with van der Waals surface area (Å²) in [5, 5.41) is 5.07. The summed E-state index contributed by atoms with van der Waals surface area (Å²) in [5.41, 5.74) is 13.1. The maximum absolute atomic E-state index is 2.43. The molecule has 0 N–H and O–H groups in total. The number of nitrogens with zero attached hydrogens (tertiary/aromatic N) is 1. The molecule has 1 aromatic heterocycles. The SMILES string of the molecule is c1ccc(-c2ccc(-c3cccc(N(c4ccc(-c5ccc6cccc(-c7ccccc7)c6c5)cc4)c4cccc5sc6ccccc6c45)c3)cc2)cc1. The molecule has 0 aliphatic carbocycles. The van der Waals surface area contributed by atoms with Crippen molar-refractivity contribution in [3.05, 3.63) is 212 Å². The third kappa shape index (κ3) is 5.84. The standard InChI is InChI=1S/C52H35NS/c1-3-12-36(13-4-1)37-24-26-38(27-25-37)42-17-9-18-45(34-42)53(49-21-11-23-51-52(49)47-19-7-8-22-50(47)54-51)44-32-30-39(31-33-44)43-29-28-41-16-10-20-46(48(41)35-43)40-14-5-2-6-15-40/h1-35H. The first-order valence-corrected chi connectivity index (χ1v) is 19.2. The highest BCUT2D eigenvalue weighted by Crippen LogP contribution is 2.45. The van der Waals surface area contributed by atoms with E-state index in [0.29, 0.717) is 0 Å². The van der Waals surface area contributed by atoms with Crippen molar-refractivity contribution in [2.75, 3.05) is 4.90 Å². The first-order chi connectivity index (χ1) is 26.8. The third-order valence-electron chi connectivity index (χ3n) is 10.5. The maximum atomic E-state index is 2.43. The summed E-state index contributed by atoms with van der Waals surface area (Å²) in [5.74, 6) is 0. The molecule has 0 radical (unpaired) electrons. The summed E-state index contributed by atoms with van der Waals surface area (Å²) < 4.78 is 2.59. The molecular formula is C52H35NS. The zero-order valence-corrected chi connectivity index (χ0v) is 30.4. The van der Waals surface area contributed by atoms with Crippen LogP contribution in [0.2, 0.25) is 0 Å². The van der Waals surface area contributed by atoms with Crippen molar-refractivity contribution in [2.45, 2.75) is 0 Å². The van der Waals surface area contributed by atoms with Crippen molar-refractivity contribution in [1.29, 1.82) is 0 Å². The van der Waals surface area contributed by atoms with Gasteiger partial charge in [0.05, 0.1) is 5.69 Å². The van der Waals surface area contributed by atoms with Gasteiger partial charge in [-0.15, -0.1) is 11.3 Å². The fraction of sp³-hybridized carbons (Fsp3) is 0. The van der Waals surface area contributed by atoms with Crippen LogP contribution in [-0.2, 0) is 0 Å². The molecule has 2 heteroatoms. The van der Waals surface area contributed by atoms with Gasteiger partial charge in [-0.1, -0.05) is 164 Å². The summed E-state index contributed by atoms with van der Waals surface area (Å²) in [6, 6.07) is 77.1. The Morgan fingerprint density at radius 1 is 0.315 bits per heavy atom. The first kappa shape index (κ1) is 32.0. The minimum Gasteiger partial charge on any atom is -0.310 e. The number of rotatable bonds is 7. The van der Waals surface area contributed by atoms with E-state index in [1.807, 2.05) is 11.3 Å². The molecule has 1 nitrogen and oxygen atoms in total. The summed E-state index contributed by atoms with van der Waals surface area (Å²) in [6.45, 7) is 0. The van der Waals surface area contributed by atoms with Crippen LogP contribution < -0.4 is 4.90 Å². The van der Waals surface area contributed by atoms with Crippen LogP contribution in [0.1, 0.15) is 0 Å². The lowest BCUT2D eigenvalue weighted by molar-refractivity contribution is 1.30. The molecule has 0 unspecified atom stereocenters. The number of fused-ring (bicyclic) bond motifs is 4. The predicted octanol–water partition coefficient (Wildman–Crippen LogP) is 15.3. The minimum absolute atomic E-state index is 1.11. The van der Waals surface area contributed by atoms with Gasteiger partial charge in [0.1, 0.15) is 0 Å². The van der Waals surface area contributed by atoms with Crippen molar-refractivity contribution in [3.8, 4) is 44.5 Å². The number of hydrogen-bond donors (Lipinski definition) is 0. The third-order valence-corrected chi connectivity index (χ3v) is 11.6. The van der Waals surface area contributed by atoms with E-state index in [9.17, 15) is 0 Å². The van der Waals surface area contributed by atoms with Crippen LogP contribution in [0.5, 0.6) is 0 Å². The van der Waals surface area contributed by atoms with Gasteiger partial charge in [-0.2, -0.15) is 0 Å². The molecule has 0 fully saturated rings. The van der Waals surface area contributed by atoms with Crippen molar-refractivity contribution in [1.82, 2.24) is 0 Å². The first-order valence-electron chi connectivity index (χ1n) is 18.4. The summed E-state index contributed by atoms with van der Waals surface area (Å²) in [7, 11) is 0. The Hall–Kier alpha value is -6.74. The number of thiophene rings is 1. The predicted molar refractivity (Wildman–Crippen MR) is 233 cm³/mol. The van der Waals surface area contributed by atoms with E-state index >= 15 is 0 Å². The molecule has 0 saturated carbocycles. The van der Waals surface area contributed by atoms with Gasteiger partial charge in [-0.05, 0) is 104 Å². The zero-order valence-electron chi connectivity index (χ0n) is 29.6. The second kappa shape index (κ2) is 13.7. The van der Waals surface area contributed by atoms with Crippen molar-refractivity contribution >= 4 is 59.3 Å². The Morgan fingerprint density at radius 2 is 0.870 bits per heavy atom. The fourth-order valence-corrected chi connectivity index (χ4v) is 8.93. The van der Waals surface area contributed by atoms with Gasteiger partial charge in [-0.25, -0.2) is 0 Å². The van der Waals surface area contributed by atoms with Crippen LogP contribution in [0.3, 0.4) is 0 Å². The van der Waals surface area contributed by atoms with Crippen LogP contribution in [0.25, 0.3) is 75.5 Å². The molecule has 0 aliphatic heterocycles. The Labute approximate surface area is 319 Å². The van der Waals surface area contributed by atoms with Crippen molar-refractivity contribution in [2.24, 2.45) is 0 Å². The van der Waals surface area contributed by atoms with E-state index in [1.54, 1.807) is 0 Å². The van der Waals surface area contributed by atoms with Crippen molar-refractivity contribution in [3.63, 3.8) is 0 Å². The largest absolute Gasteiger partial charge is 0.310 e. The molecule has 254 valence electrons. The summed E-state index contributed by atoms with van der Waals surface area (Å²) in [4.78, 5) is 2.43. The summed E-state index contributed by atoms with van der Waals surface area (Å²) in [6.07, 6.45) is 0. The average molecular weight is 706 g/mol. The lowest BCUT2D eigenvalue weighted by Gasteiger charge is -2.27. The second-order valence-electron chi connectivity index (χ2n) is 13.7. The van der Waals surface area contributed by atoms with Gasteiger partial charge >= 0.3 is 0 Å². The normalized spacial score (nSPS) is 11.3. The topological polar surface area (TPSA) is 3.24 Å². The fourth-order valence-electron chi connectivity index (χ4n) is 7.80. The van der Waals surface area contributed by atoms with Gasteiger partial charge in [0.2, 0.25) is 0 Å². The van der Waals surface area contributed by atoms with Crippen LogP contribution in [0, 0.1) is 0 Å². The molecule has 0 spiro atoms. The number of benzene rings is 9. The maximum Gasteiger partial charge on any atom is 0.0554 e. The lowest BCUT2D eigenvalue weighted by atomic mass is 9.95. The van der Waals surface area contributed by atoms with Crippen LogP contribution in [0.4, 0.5) is 17.1 Å². The molecule has 1 heterocycles. The molecule has 0 atom stereocenters. The monoisotopic (exact) mass is 705 g/mol. The summed E-state index contributed by atoms with van der Waals surface area (Å²) >= 11 is 1.86. The minimum atomic E-state index is 1.11. The van der Waals surface area contributed by atoms with Gasteiger partial charge in [0.15, 0.2) is 0 Å². The molecule has 0 bridgehead atoms. The highest BCUT2D eigenvalue weighted by Gasteiger charge is 2.19. The van der Waals surface area contributed by atoms with Gasteiger partial charge in [0.25, 0.3) is 0 Å². The van der Waals surface area contributed by atoms with E-state index in [0.717, 1.165) is 11.4 Å². The lowest BCUT2D eigenvalue weighted by Crippen LogP contribution is -2.10. The van der Waals surface area contributed by atoms with Crippen LogP contribution in [-0.4, -0.2) is 0 Å². The van der Waals surface area contributed by atoms with Gasteiger partial charge < -0.3 is 4.90 Å². The Kier molecular flexibility index (Phi) is 8.09. The molecule has 54 heavy (non-hydrogen) atoms. The van der Waals surface area contributed by atoms with Crippen LogP contribution >= 0.6 is 11.3 Å². The number of anilines is 3. The molecule has 0 aliphatic rings. The van der Waals surface area contributed by atoms with Crippen LogP contribution in [0.15, 0.2) is 212 Å². The molecular weight excluding hydrogens is 671 g/mol. The molecule has 10 rings (SSSR count). The number of hydrogen-bond acceptors (Lipinski definition) is 2. The molecule has 9 aromatic carbocycles. The Bertz CT molecular complexity index is 2910. The smallest absolute Gasteiger partial charge is 0.0554 e. The zero-order chi connectivity index (χ0) is 35.8. The quantitative estimate of drug-likeness (QED) is 0.160. The molecule has 10 aromatic rings. The van der Waals surface area contributed by atoms with E-state index in [4.69, 9.17) is 0 Å². The molecule has 0 amide bonds. The van der Waals surface area contributed by atoms with Gasteiger partial charge in [0, 0.05) is 31.5 Å². The Morgan fingerprint density at radius 3 is 1.65 bits per heavy atom. The Balaban J connectivity index is 1.08.